The van der Waals surface area contributed by atoms with Crippen molar-refractivity contribution in [2.24, 2.45) is 0 Å². The van der Waals surface area contributed by atoms with E-state index in [2.05, 4.69) is 5.32 Å². The minimum absolute atomic E-state index is 0.132. The third-order valence-corrected chi connectivity index (χ3v) is 7.15. The molecule has 35 heavy (non-hydrogen) atoms. The smallest absolute Gasteiger partial charge is 0.243 e. The molecule has 0 aromatic heterocycles. The average Bonchev–Trinajstić information content (AvgIpc) is 2.83. The number of halogens is 3. The van der Waals surface area contributed by atoms with Crippen LogP contribution in [0, 0.1) is 0 Å². The van der Waals surface area contributed by atoms with Crippen LogP contribution in [0.15, 0.2) is 72.8 Å². The number of carbonyl (C=O) groups excluding carboxylic acids is 2. The molecule has 0 bridgehead atoms. The van der Waals surface area contributed by atoms with Crippen LogP contribution in [0.3, 0.4) is 0 Å². The summed E-state index contributed by atoms with van der Waals surface area (Å²) in [7, 11) is 0. The molecular weight excluding hydrogens is 523 g/mol. The molecule has 0 aliphatic rings. The van der Waals surface area contributed by atoms with Gasteiger partial charge in [0.25, 0.3) is 0 Å². The largest absolute Gasteiger partial charge is 0.355 e. The zero-order chi connectivity index (χ0) is 25.2. The van der Waals surface area contributed by atoms with Gasteiger partial charge in [-0.05, 0) is 47.9 Å². The van der Waals surface area contributed by atoms with Crippen LogP contribution in [0.5, 0.6) is 0 Å². The Morgan fingerprint density at radius 1 is 0.914 bits per heavy atom. The van der Waals surface area contributed by atoms with Crippen molar-refractivity contribution >= 4 is 58.4 Å². The van der Waals surface area contributed by atoms with Crippen LogP contribution in [0.4, 0.5) is 0 Å². The second kappa shape index (κ2) is 13.8. The highest BCUT2D eigenvalue weighted by Crippen LogP contribution is 2.25. The minimum atomic E-state index is -0.663. The number of amides is 2. The Hall–Kier alpha value is -2.18. The molecule has 0 saturated carbocycles. The normalized spacial score (nSPS) is 11.7. The van der Waals surface area contributed by atoms with E-state index < -0.39 is 6.04 Å². The first kappa shape index (κ1) is 27.4. The lowest BCUT2D eigenvalue weighted by Gasteiger charge is -2.31. The Morgan fingerprint density at radius 3 is 2.31 bits per heavy atom. The van der Waals surface area contributed by atoms with Gasteiger partial charge in [0.15, 0.2) is 0 Å². The molecule has 1 N–H and O–H groups in total. The second-order valence-electron chi connectivity index (χ2n) is 7.98. The molecule has 0 heterocycles. The van der Waals surface area contributed by atoms with Gasteiger partial charge in [0.2, 0.25) is 11.8 Å². The minimum Gasteiger partial charge on any atom is -0.355 e. The Kier molecular flexibility index (Phi) is 10.8. The highest BCUT2D eigenvalue weighted by Gasteiger charge is 2.30. The van der Waals surface area contributed by atoms with Gasteiger partial charge in [0.05, 0.1) is 5.75 Å². The average molecular weight is 550 g/mol. The number of carbonyl (C=O) groups is 2. The maximum absolute atomic E-state index is 13.5. The van der Waals surface area contributed by atoms with E-state index in [0.717, 1.165) is 16.7 Å². The van der Waals surface area contributed by atoms with Crippen molar-refractivity contribution in [1.82, 2.24) is 10.2 Å². The van der Waals surface area contributed by atoms with Crippen LogP contribution >= 0.6 is 46.6 Å². The summed E-state index contributed by atoms with van der Waals surface area (Å²) in [4.78, 5) is 28.3. The number of hydrogen-bond acceptors (Lipinski definition) is 3. The zero-order valence-corrected chi connectivity index (χ0v) is 22.4. The predicted molar refractivity (Wildman–Crippen MR) is 147 cm³/mol. The molecule has 4 nitrogen and oxygen atoms in total. The molecule has 0 saturated heterocycles. The molecule has 0 spiro atoms. The number of nitrogens with one attached hydrogen (secondary N) is 1. The molecule has 0 unspecified atom stereocenters. The quantitative estimate of drug-likeness (QED) is 0.291. The molecule has 8 heteroatoms. The van der Waals surface area contributed by atoms with Crippen LogP contribution in [0.25, 0.3) is 0 Å². The van der Waals surface area contributed by atoms with Crippen molar-refractivity contribution < 1.29 is 9.59 Å². The van der Waals surface area contributed by atoms with Crippen molar-refractivity contribution in [2.45, 2.75) is 31.7 Å². The molecule has 0 aliphatic carbocycles. The molecule has 184 valence electrons. The molecule has 0 aliphatic heterocycles. The maximum atomic E-state index is 13.5. The number of thioether (sulfide) groups is 1. The van der Waals surface area contributed by atoms with Crippen molar-refractivity contribution in [1.29, 1.82) is 0 Å². The third kappa shape index (κ3) is 8.46. The lowest BCUT2D eigenvalue weighted by Crippen LogP contribution is -2.51. The Labute approximate surface area is 225 Å². The van der Waals surface area contributed by atoms with Gasteiger partial charge in [0, 0.05) is 40.3 Å². The second-order valence-corrected chi connectivity index (χ2v) is 10.2. The highest BCUT2D eigenvalue weighted by atomic mass is 35.5. The number of rotatable bonds is 11. The van der Waals surface area contributed by atoms with E-state index in [9.17, 15) is 9.59 Å². The van der Waals surface area contributed by atoms with Gasteiger partial charge in [-0.1, -0.05) is 83.3 Å². The van der Waals surface area contributed by atoms with E-state index in [1.54, 1.807) is 23.1 Å². The van der Waals surface area contributed by atoms with E-state index in [-0.39, 0.29) is 24.1 Å². The molecule has 3 aromatic rings. The van der Waals surface area contributed by atoms with Gasteiger partial charge in [-0.3, -0.25) is 9.59 Å². The van der Waals surface area contributed by atoms with E-state index in [1.807, 2.05) is 61.5 Å². The summed E-state index contributed by atoms with van der Waals surface area (Å²) in [5, 5.41) is 4.62. The van der Waals surface area contributed by atoms with Crippen LogP contribution < -0.4 is 5.32 Å². The number of hydrogen-bond donors (Lipinski definition) is 1. The summed E-state index contributed by atoms with van der Waals surface area (Å²) in [6.45, 7) is 2.62. The first-order chi connectivity index (χ1) is 16.9. The van der Waals surface area contributed by atoms with E-state index in [1.165, 1.54) is 11.8 Å². The summed E-state index contributed by atoms with van der Waals surface area (Å²) in [6.07, 6.45) is 0.409. The third-order valence-electron chi connectivity index (χ3n) is 5.36. The fourth-order valence-corrected chi connectivity index (χ4v) is 5.33. The highest BCUT2D eigenvalue weighted by molar-refractivity contribution is 7.99. The molecule has 0 fully saturated rings. The van der Waals surface area contributed by atoms with Crippen LogP contribution in [-0.2, 0) is 28.3 Å². The summed E-state index contributed by atoms with van der Waals surface area (Å²) < 4.78 is 0. The summed E-state index contributed by atoms with van der Waals surface area (Å²) in [5.74, 6) is 0.436. The van der Waals surface area contributed by atoms with Crippen LogP contribution in [-0.4, -0.2) is 35.1 Å². The Morgan fingerprint density at radius 2 is 1.63 bits per heavy atom. The fourth-order valence-electron chi connectivity index (χ4n) is 3.65. The predicted octanol–water partition coefficient (Wildman–Crippen LogP) is 6.66. The molecule has 1 atom stereocenters. The van der Waals surface area contributed by atoms with Crippen molar-refractivity contribution in [3.8, 4) is 0 Å². The number of likely N-dealkylation sites (N-methyl/N-ethyl adjacent to an activating group) is 1. The van der Waals surface area contributed by atoms with E-state index in [4.69, 9.17) is 34.8 Å². The molecule has 0 radical (unpaired) electrons. The first-order valence-electron chi connectivity index (χ1n) is 11.2. The van der Waals surface area contributed by atoms with Gasteiger partial charge in [-0.15, -0.1) is 11.8 Å². The van der Waals surface area contributed by atoms with Gasteiger partial charge in [0.1, 0.15) is 6.04 Å². The molecular formula is C27H27Cl3N2O2S. The van der Waals surface area contributed by atoms with Crippen LogP contribution in [0.2, 0.25) is 15.1 Å². The van der Waals surface area contributed by atoms with Gasteiger partial charge < -0.3 is 10.2 Å². The standard InChI is InChI=1S/C27H27Cl3N2O2S/c1-2-31-27(34)25(14-19-7-4-3-5-8-19)32(16-20-9-6-10-22(28)13-20)26(33)18-35-17-21-11-12-23(29)15-24(21)30/h3-13,15,25H,2,14,16-18H2,1H3,(H,31,34)/t25-/m1/s1. The van der Waals surface area contributed by atoms with Gasteiger partial charge in [-0.25, -0.2) is 0 Å². The van der Waals surface area contributed by atoms with Crippen molar-refractivity contribution in [3.05, 3.63) is 105 Å². The summed E-state index contributed by atoms with van der Waals surface area (Å²) >= 11 is 19.9. The lowest BCUT2D eigenvalue weighted by atomic mass is 10.0. The van der Waals surface area contributed by atoms with Crippen molar-refractivity contribution in [2.75, 3.05) is 12.3 Å². The summed E-state index contributed by atoms with van der Waals surface area (Å²) in [5.41, 5.74) is 2.74. The van der Waals surface area contributed by atoms with Gasteiger partial charge >= 0.3 is 0 Å². The molecule has 3 rings (SSSR count). The van der Waals surface area contributed by atoms with E-state index >= 15 is 0 Å². The monoisotopic (exact) mass is 548 g/mol. The number of nitrogens with zero attached hydrogens (tertiary/aromatic N) is 1. The van der Waals surface area contributed by atoms with Crippen LogP contribution in [0.1, 0.15) is 23.6 Å². The van der Waals surface area contributed by atoms with E-state index in [0.29, 0.717) is 33.8 Å². The Balaban J connectivity index is 1.83. The Bertz CT molecular complexity index is 1140. The molecule has 2 amide bonds. The first-order valence-corrected chi connectivity index (χ1v) is 13.5. The molecule has 3 aromatic carbocycles. The summed E-state index contributed by atoms with van der Waals surface area (Å²) in [6, 6.07) is 21.7. The topological polar surface area (TPSA) is 49.4 Å². The zero-order valence-electron chi connectivity index (χ0n) is 19.3. The SMILES string of the molecule is CCNC(=O)[C@@H](Cc1ccccc1)N(Cc1cccc(Cl)c1)C(=O)CSCc1ccc(Cl)cc1Cl. The van der Waals surface area contributed by atoms with Crippen molar-refractivity contribution in [3.63, 3.8) is 0 Å². The lowest BCUT2D eigenvalue weighted by molar-refractivity contribution is -0.139. The number of benzene rings is 3. The van der Waals surface area contributed by atoms with Gasteiger partial charge in [-0.2, -0.15) is 0 Å². The fraction of sp³-hybridized carbons (Fsp3) is 0.259. The maximum Gasteiger partial charge on any atom is 0.243 e.